The van der Waals surface area contributed by atoms with Crippen LogP contribution in [0.15, 0.2) is 18.2 Å². The van der Waals surface area contributed by atoms with E-state index >= 15 is 0 Å². The van der Waals surface area contributed by atoms with Gasteiger partial charge in [0.05, 0.1) is 0 Å². The van der Waals surface area contributed by atoms with Crippen LogP contribution in [0.1, 0.15) is 25.8 Å². The van der Waals surface area contributed by atoms with E-state index in [4.69, 9.17) is 23.2 Å². The van der Waals surface area contributed by atoms with Gasteiger partial charge in [0.15, 0.2) is 0 Å². The second-order valence-corrected chi connectivity index (χ2v) is 5.80. The maximum absolute atomic E-state index is 6.01. The van der Waals surface area contributed by atoms with Crippen LogP contribution in [0, 0.1) is 11.8 Å². The SMILES string of the molecule is CC1CCN(c2ccc(Cl)cc2CCl)CC1C. The van der Waals surface area contributed by atoms with Gasteiger partial charge in [-0.3, -0.25) is 0 Å². The van der Waals surface area contributed by atoms with Crippen LogP contribution in [0.2, 0.25) is 5.02 Å². The highest BCUT2D eigenvalue weighted by Crippen LogP contribution is 2.31. The Hall–Kier alpha value is -0.400. The zero-order valence-electron chi connectivity index (χ0n) is 10.4. The fraction of sp³-hybridized carbons (Fsp3) is 0.571. The minimum absolute atomic E-state index is 0.524. The molecule has 0 aromatic heterocycles. The molecule has 0 bridgehead atoms. The number of anilines is 1. The summed E-state index contributed by atoms with van der Waals surface area (Å²) in [6, 6.07) is 6.03. The highest BCUT2D eigenvalue weighted by Gasteiger charge is 2.23. The molecule has 0 N–H and O–H groups in total. The summed E-state index contributed by atoms with van der Waals surface area (Å²) in [7, 11) is 0. The predicted octanol–water partition coefficient (Wildman–Crippen LogP) is 4.56. The molecule has 1 saturated heterocycles. The van der Waals surface area contributed by atoms with E-state index in [2.05, 4.69) is 24.8 Å². The van der Waals surface area contributed by atoms with Crippen molar-refractivity contribution in [3.8, 4) is 0 Å². The van der Waals surface area contributed by atoms with Crippen molar-refractivity contribution in [1.29, 1.82) is 0 Å². The van der Waals surface area contributed by atoms with E-state index < -0.39 is 0 Å². The molecule has 3 heteroatoms. The minimum atomic E-state index is 0.524. The van der Waals surface area contributed by atoms with Crippen molar-refractivity contribution in [3.05, 3.63) is 28.8 Å². The molecule has 1 aromatic rings. The normalized spacial score (nSPS) is 25.1. The van der Waals surface area contributed by atoms with Crippen LogP contribution in [0.3, 0.4) is 0 Å². The Bertz CT molecular complexity index is 392. The van der Waals surface area contributed by atoms with Gasteiger partial charge in [0, 0.05) is 29.7 Å². The molecule has 1 aromatic carbocycles. The van der Waals surface area contributed by atoms with Crippen molar-refractivity contribution >= 4 is 28.9 Å². The van der Waals surface area contributed by atoms with Crippen molar-refractivity contribution in [2.75, 3.05) is 18.0 Å². The number of halogens is 2. The summed E-state index contributed by atoms with van der Waals surface area (Å²) in [6.07, 6.45) is 1.26. The van der Waals surface area contributed by atoms with Gasteiger partial charge in [-0.1, -0.05) is 25.4 Å². The highest BCUT2D eigenvalue weighted by molar-refractivity contribution is 6.30. The number of benzene rings is 1. The topological polar surface area (TPSA) is 3.24 Å². The summed E-state index contributed by atoms with van der Waals surface area (Å²) in [5, 5.41) is 0.767. The van der Waals surface area contributed by atoms with Crippen LogP contribution >= 0.6 is 23.2 Å². The van der Waals surface area contributed by atoms with Gasteiger partial charge in [0.2, 0.25) is 0 Å². The predicted molar refractivity (Wildman–Crippen MR) is 76.2 cm³/mol. The Labute approximate surface area is 114 Å². The third-order valence-corrected chi connectivity index (χ3v) is 4.38. The lowest BCUT2D eigenvalue weighted by molar-refractivity contribution is 0.323. The van der Waals surface area contributed by atoms with E-state index in [0.29, 0.717) is 5.88 Å². The summed E-state index contributed by atoms with van der Waals surface area (Å²) in [6.45, 7) is 6.91. The van der Waals surface area contributed by atoms with E-state index in [1.165, 1.54) is 12.1 Å². The summed E-state index contributed by atoms with van der Waals surface area (Å²) >= 11 is 12.0. The maximum atomic E-state index is 6.01. The molecular weight excluding hydrogens is 253 g/mol. The van der Waals surface area contributed by atoms with Crippen LogP contribution < -0.4 is 4.90 Å². The first-order valence-corrected chi connectivity index (χ1v) is 7.12. The fourth-order valence-electron chi connectivity index (χ4n) is 2.45. The maximum Gasteiger partial charge on any atom is 0.0495 e. The van der Waals surface area contributed by atoms with Crippen LogP contribution in [-0.2, 0) is 5.88 Å². The zero-order chi connectivity index (χ0) is 12.4. The van der Waals surface area contributed by atoms with Gasteiger partial charge in [0.25, 0.3) is 0 Å². The second kappa shape index (κ2) is 5.49. The summed E-state index contributed by atoms with van der Waals surface area (Å²) in [5.41, 5.74) is 2.39. The average Bonchev–Trinajstić information content (AvgIpc) is 2.32. The Kier molecular flexibility index (Phi) is 4.22. The van der Waals surface area contributed by atoms with Crippen LogP contribution in [-0.4, -0.2) is 13.1 Å². The van der Waals surface area contributed by atoms with Gasteiger partial charge in [-0.05, 0) is 42.0 Å². The molecule has 0 amide bonds. The fourth-order valence-corrected chi connectivity index (χ4v) is 2.86. The van der Waals surface area contributed by atoms with Crippen molar-refractivity contribution in [3.63, 3.8) is 0 Å². The molecule has 1 aliphatic heterocycles. The van der Waals surface area contributed by atoms with E-state index in [0.717, 1.165) is 35.5 Å². The quantitative estimate of drug-likeness (QED) is 0.713. The lowest BCUT2D eigenvalue weighted by Gasteiger charge is -2.37. The summed E-state index contributed by atoms with van der Waals surface area (Å²) in [5.74, 6) is 2.08. The van der Waals surface area contributed by atoms with Gasteiger partial charge >= 0.3 is 0 Å². The van der Waals surface area contributed by atoms with E-state index in [-0.39, 0.29) is 0 Å². The molecule has 1 heterocycles. The third kappa shape index (κ3) is 2.89. The standard InChI is InChI=1S/C14H19Cl2N/c1-10-5-6-17(9-11(10)2)14-4-3-13(16)7-12(14)8-15/h3-4,7,10-11H,5-6,8-9H2,1-2H3. The van der Waals surface area contributed by atoms with Gasteiger partial charge in [-0.25, -0.2) is 0 Å². The Morgan fingerprint density at radius 3 is 2.71 bits per heavy atom. The van der Waals surface area contributed by atoms with E-state index in [1.807, 2.05) is 12.1 Å². The van der Waals surface area contributed by atoms with Gasteiger partial charge in [-0.15, -0.1) is 11.6 Å². The molecule has 0 radical (unpaired) electrons. The molecule has 0 spiro atoms. The molecule has 1 fully saturated rings. The summed E-state index contributed by atoms with van der Waals surface area (Å²) in [4.78, 5) is 2.44. The molecule has 0 aliphatic carbocycles. The average molecular weight is 272 g/mol. The Balaban J connectivity index is 2.22. The minimum Gasteiger partial charge on any atom is -0.371 e. The van der Waals surface area contributed by atoms with Crippen molar-refractivity contribution in [2.24, 2.45) is 11.8 Å². The van der Waals surface area contributed by atoms with Crippen molar-refractivity contribution < 1.29 is 0 Å². The largest absolute Gasteiger partial charge is 0.371 e. The Morgan fingerprint density at radius 2 is 2.06 bits per heavy atom. The highest BCUT2D eigenvalue weighted by atomic mass is 35.5. The number of alkyl halides is 1. The molecule has 94 valence electrons. The first-order chi connectivity index (χ1) is 8.11. The van der Waals surface area contributed by atoms with Gasteiger partial charge < -0.3 is 4.90 Å². The third-order valence-electron chi connectivity index (χ3n) is 3.86. The molecule has 1 aliphatic rings. The second-order valence-electron chi connectivity index (χ2n) is 5.10. The van der Waals surface area contributed by atoms with Crippen molar-refractivity contribution in [1.82, 2.24) is 0 Å². The monoisotopic (exact) mass is 271 g/mol. The van der Waals surface area contributed by atoms with Gasteiger partial charge in [0.1, 0.15) is 0 Å². The lowest BCUT2D eigenvalue weighted by atomic mass is 9.88. The summed E-state index contributed by atoms with van der Waals surface area (Å²) < 4.78 is 0. The molecule has 1 nitrogen and oxygen atoms in total. The van der Waals surface area contributed by atoms with Crippen molar-refractivity contribution in [2.45, 2.75) is 26.1 Å². The molecule has 17 heavy (non-hydrogen) atoms. The number of piperidine rings is 1. The molecule has 0 saturated carbocycles. The number of hydrogen-bond acceptors (Lipinski definition) is 1. The lowest BCUT2D eigenvalue weighted by Crippen LogP contribution is -2.38. The van der Waals surface area contributed by atoms with Crippen LogP contribution in [0.25, 0.3) is 0 Å². The number of rotatable bonds is 2. The van der Waals surface area contributed by atoms with E-state index in [9.17, 15) is 0 Å². The molecular formula is C14H19Cl2N. The number of nitrogens with zero attached hydrogens (tertiary/aromatic N) is 1. The number of hydrogen-bond donors (Lipinski definition) is 0. The first-order valence-electron chi connectivity index (χ1n) is 6.21. The molecule has 2 unspecified atom stereocenters. The van der Waals surface area contributed by atoms with Crippen LogP contribution in [0.5, 0.6) is 0 Å². The van der Waals surface area contributed by atoms with E-state index in [1.54, 1.807) is 0 Å². The van der Waals surface area contributed by atoms with Gasteiger partial charge in [-0.2, -0.15) is 0 Å². The Morgan fingerprint density at radius 1 is 1.29 bits per heavy atom. The molecule has 2 atom stereocenters. The molecule has 2 rings (SSSR count). The van der Waals surface area contributed by atoms with Crippen LogP contribution in [0.4, 0.5) is 5.69 Å². The first kappa shape index (κ1) is 13.0. The zero-order valence-corrected chi connectivity index (χ0v) is 11.9. The smallest absolute Gasteiger partial charge is 0.0495 e.